The van der Waals surface area contributed by atoms with Gasteiger partial charge in [-0.05, 0) is 43.9 Å². The number of carbonyl (C=O) groups excluding carboxylic acids is 1. The zero-order chi connectivity index (χ0) is 23.8. The van der Waals surface area contributed by atoms with Gasteiger partial charge in [-0.15, -0.1) is 0 Å². The Balaban J connectivity index is 1.46. The van der Waals surface area contributed by atoms with Crippen molar-refractivity contribution in [1.82, 2.24) is 23.6 Å². The second kappa shape index (κ2) is 9.26. The molecule has 1 unspecified atom stereocenters. The summed E-state index contributed by atoms with van der Waals surface area (Å²) in [4.78, 5) is 17.5. The van der Waals surface area contributed by atoms with Crippen molar-refractivity contribution in [3.63, 3.8) is 0 Å². The summed E-state index contributed by atoms with van der Waals surface area (Å²) in [5.41, 5.74) is 1.44. The van der Waals surface area contributed by atoms with Gasteiger partial charge in [0, 0.05) is 39.0 Å². The molecule has 9 nitrogen and oxygen atoms in total. The van der Waals surface area contributed by atoms with Crippen LogP contribution in [0, 0.1) is 5.92 Å². The first-order chi connectivity index (χ1) is 15.8. The van der Waals surface area contributed by atoms with Crippen LogP contribution < -0.4 is 5.32 Å². The van der Waals surface area contributed by atoms with Crippen LogP contribution in [-0.2, 0) is 28.3 Å². The van der Waals surface area contributed by atoms with Crippen LogP contribution in [0.25, 0.3) is 11.0 Å². The lowest BCUT2D eigenvalue weighted by atomic mass is 10.2. The molecule has 1 fully saturated rings. The van der Waals surface area contributed by atoms with E-state index in [2.05, 4.69) is 22.3 Å². The molecule has 1 aromatic carbocycles. The van der Waals surface area contributed by atoms with Crippen LogP contribution >= 0.6 is 0 Å². The van der Waals surface area contributed by atoms with Gasteiger partial charge in [0.2, 0.25) is 15.9 Å². The summed E-state index contributed by atoms with van der Waals surface area (Å²) in [6.07, 6.45) is 4.84. The third-order valence-corrected chi connectivity index (χ3v) is 8.54. The molecule has 0 aliphatic heterocycles. The molecule has 4 rings (SSSR count). The lowest BCUT2D eigenvalue weighted by Crippen LogP contribution is -2.30. The Labute approximate surface area is 194 Å². The Bertz CT molecular complexity index is 1250. The fraction of sp³-hybridized carbons (Fsp3) is 0.522. The van der Waals surface area contributed by atoms with Crippen LogP contribution in [0.1, 0.15) is 51.9 Å². The summed E-state index contributed by atoms with van der Waals surface area (Å²) >= 11 is 0. The summed E-state index contributed by atoms with van der Waals surface area (Å²) < 4.78 is 30.9. The molecule has 0 saturated heterocycles. The van der Waals surface area contributed by atoms with Crippen molar-refractivity contribution in [2.75, 3.05) is 18.4 Å². The maximum atomic E-state index is 12.8. The lowest BCUT2D eigenvalue weighted by Gasteiger charge is -2.18. The monoisotopic (exact) mass is 472 g/mol. The van der Waals surface area contributed by atoms with Crippen molar-refractivity contribution < 1.29 is 13.2 Å². The minimum absolute atomic E-state index is 0.100. The number of hydrogen-bond acceptors (Lipinski definition) is 5. The topological polar surface area (TPSA) is 102 Å². The summed E-state index contributed by atoms with van der Waals surface area (Å²) in [5, 5.41) is 7.35. The highest BCUT2D eigenvalue weighted by atomic mass is 32.2. The van der Waals surface area contributed by atoms with E-state index >= 15 is 0 Å². The van der Waals surface area contributed by atoms with E-state index in [1.165, 1.54) is 17.1 Å². The van der Waals surface area contributed by atoms with Crippen LogP contribution in [0.4, 0.5) is 5.82 Å². The number of nitrogens with one attached hydrogen (secondary N) is 1. The highest BCUT2D eigenvalue weighted by molar-refractivity contribution is 7.89. The number of hydrogen-bond donors (Lipinski definition) is 1. The number of aromatic nitrogens is 4. The summed E-state index contributed by atoms with van der Waals surface area (Å²) in [6.45, 7) is 6.61. The van der Waals surface area contributed by atoms with E-state index in [1.807, 2.05) is 36.2 Å². The number of sulfonamides is 1. The van der Waals surface area contributed by atoms with Gasteiger partial charge in [-0.1, -0.05) is 13.8 Å². The molecule has 1 N–H and O–H groups in total. The van der Waals surface area contributed by atoms with Crippen molar-refractivity contribution >= 4 is 32.8 Å². The Kier molecular flexibility index (Phi) is 6.58. The number of anilines is 1. The maximum Gasteiger partial charge on any atom is 0.243 e. The van der Waals surface area contributed by atoms with Crippen LogP contribution in [0.15, 0.2) is 35.4 Å². The summed E-state index contributed by atoms with van der Waals surface area (Å²) in [5.74, 6) is 1.99. The molecule has 1 aliphatic rings. The highest BCUT2D eigenvalue weighted by Gasteiger charge is 2.30. The average Bonchev–Trinajstić information content (AvgIpc) is 3.47. The normalized spacial score (nSPS) is 15.3. The van der Waals surface area contributed by atoms with E-state index in [9.17, 15) is 13.2 Å². The minimum Gasteiger partial charge on any atom is -0.331 e. The zero-order valence-corrected chi connectivity index (χ0v) is 20.5. The summed E-state index contributed by atoms with van der Waals surface area (Å²) in [7, 11) is -1.67. The van der Waals surface area contributed by atoms with Gasteiger partial charge in [-0.25, -0.2) is 18.1 Å². The number of imidazole rings is 1. The number of aryl methyl sites for hydroxylation is 2. The third-order valence-electron chi connectivity index (χ3n) is 6.49. The first kappa shape index (κ1) is 23.4. The van der Waals surface area contributed by atoms with E-state index in [0.717, 1.165) is 17.2 Å². The fourth-order valence-corrected chi connectivity index (χ4v) is 5.75. The average molecular weight is 473 g/mol. The number of amides is 1. The van der Waals surface area contributed by atoms with Gasteiger partial charge in [-0.3, -0.25) is 4.79 Å². The SMILES string of the molecule is CCN(CC)S(=O)(=O)c1ccc2c(c1)nc(CCC(=O)Nc1ccnn1C(C)C1CC1)n2C. The minimum atomic E-state index is -3.55. The van der Waals surface area contributed by atoms with Crippen molar-refractivity contribution in [3.05, 3.63) is 36.3 Å². The molecule has 1 saturated carbocycles. The predicted octanol–water partition coefficient (Wildman–Crippen LogP) is 3.34. The predicted molar refractivity (Wildman–Crippen MR) is 127 cm³/mol. The van der Waals surface area contributed by atoms with E-state index in [4.69, 9.17) is 0 Å². The number of rotatable bonds is 10. The highest BCUT2D eigenvalue weighted by Crippen LogP contribution is 2.40. The van der Waals surface area contributed by atoms with Crippen LogP contribution in [0.5, 0.6) is 0 Å². The number of benzene rings is 1. The number of fused-ring (bicyclic) bond motifs is 1. The van der Waals surface area contributed by atoms with Crippen molar-refractivity contribution in [2.45, 2.75) is 57.4 Å². The van der Waals surface area contributed by atoms with E-state index in [0.29, 0.717) is 30.9 Å². The molecule has 0 radical (unpaired) electrons. The third kappa shape index (κ3) is 4.67. The molecular weight excluding hydrogens is 440 g/mol. The fourth-order valence-electron chi connectivity index (χ4n) is 4.27. The van der Waals surface area contributed by atoms with E-state index in [1.54, 1.807) is 24.4 Å². The molecule has 1 atom stereocenters. The largest absolute Gasteiger partial charge is 0.331 e. The Morgan fingerprint density at radius 2 is 1.97 bits per heavy atom. The Morgan fingerprint density at radius 1 is 1.24 bits per heavy atom. The van der Waals surface area contributed by atoms with Crippen molar-refractivity contribution in [2.24, 2.45) is 13.0 Å². The van der Waals surface area contributed by atoms with Crippen molar-refractivity contribution in [3.8, 4) is 0 Å². The molecule has 10 heteroatoms. The molecule has 2 aromatic heterocycles. The van der Waals surface area contributed by atoms with Gasteiger partial charge in [0.05, 0.1) is 28.2 Å². The molecule has 2 heterocycles. The van der Waals surface area contributed by atoms with Crippen LogP contribution in [0.2, 0.25) is 0 Å². The van der Waals surface area contributed by atoms with Gasteiger partial charge >= 0.3 is 0 Å². The van der Waals surface area contributed by atoms with Gasteiger partial charge in [0.15, 0.2) is 0 Å². The van der Waals surface area contributed by atoms with Gasteiger partial charge in [0.1, 0.15) is 11.6 Å². The van der Waals surface area contributed by atoms with Gasteiger partial charge in [-0.2, -0.15) is 9.40 Å². The quantitative estimate of drug-likeness (QED) is 0.488. The second-order valence-corrected chi connectivity index (χ2v) is 10.6. The molecule has 33 heavy (non-hydrogen) atoms. The first-order valence-corrected chi connectivity index (χ1v) is 13.0. The van der Waals surface area contributed by atoms with Crippen LogP contribution in [-0.4, -0.2) is 51.1 Å². The van der Waals surface area contributed by atoms with Gasteiger partial charge < -0.3 is 9.88 Å². The molecule has 178 valence electrons. The molecule has 0 bridgehead atoms. The van der Waals surface area contributed by atoms with Crippen molar-refractivity contribution in [1.29, 1.82) is 0 Å². The lowest BCUT2D eigenvalue weighted by molar-refractivity contribution is -0.116. The van der Waals surface area contributed by atoms with Gasteiger partial charge in [0.25, 0.3) is 0 Å². The second-order valence-electron chi connectivity index (χ2n) is 8.61. The van der Waals surface area contributed by atoms with E-state index < -0.39 is 10.0 Å². The smallest absolute Gasteiger partial charge is 0.243 e. The van der Waals surface area contributed by atoms with E-state index in [-0.39, 0.29) is 23.3 Å². The number of carbonyl (C=O) groups is 1. The molecule has 1 aliphatic carbocycles. The molecule has 0 spiro atoms. The molecular formula is C23H32N6O3S. The molecule has 3 aromatic rings. The Hall–Kier alpha value is -2.72. The Morgan fingerprint density at radius 3 is 2.64 bits per heavy atom. The zero-order valence-electron chi connectivity index (χ0n) is 19.7. The number of nitrogens with zero attached hydrogens (tertiary/aromatic N) is 5. The maximum absolute atomic E-state index is 12.8. The first-order valence-electron chi connectivity index (χ1n) is 11.5. The summed E-state index contributed by atoms with van der Waals surface area (Å²) in [6, 6.07) is 7.11. The standard InChI is InChI=1S/C23H32N6O3S/c1-5-28(6-2)33(31,32)18-9-10-20-19(15-18)25-21(27(20)4)11-12-23(30)26-22-13-14-24-29(22)16(3)17-7-8-17/h9-10,13-17H,5-8,11-12H2,1-4H3,(H,26,30). The molecule has 1 amide bonds. The van der Waals surface area contributed by atoms with Crippen LogP contribution in [0.3, 0.4) is 0 Å².